The van der Waals surface area contributed by atoms with Crippen LogP contribution in [0, 0.1) is 5.82 Å². The summed E-state index contributed by atoms with van der Waals surface area (Å²) in [5, 5.41) is 0. The number of benzene rings is 1. The third-order valence-electron chi connectivity index (χ3n) is 1.68. The van der Waals surface area contributed by atoms with E-state index in [0.717, 1.165) is 6.29 Å². The van der Waals surface area contributed by atoms with Crippen LogP contribution >= 0.6 is 15.9 Å². The molecule has 0 N–H and O–H groups in total. The molecule has 0 amide bonds. The van der Waals surface area contributed by atoms with Crippen LogP contribution in [0.3, 0.4) is 0 Å². The molecule has 64 valence electrons. The number of hydrogen-bond acceptors (Lipinski definition) is 1. The van der Waals surface area contributed by atoms with Gasteiger partial charge in [0.25, 0.3) is 0 Å². The zero-order chi connectivity index (χ0) is 9.14. The highest BCUT2D eigenvalue weighted by Crippen LogP contribution is 2.23. The second-order valence-electron chi connectivity index (χ2n) is 2.57. The summed E-state index contributed by atoms with van der Waals surface area (Å²) in [5.41, 5.74) is 0.430. The van der Waals surface area contributed by atoms with Gasteiger partial charge >= 0.3 is 0 Å². The molecule has 1 aromatic rings. The Kier molecular flexibility index (Phi) is 2.98. The van der Waals surface area contributed by atoms with Gasteiger partial charge in [0, 0.05) is 5.92 Å². The van der Waals surface area contributed by atoms with E-state index in [0.29, 0.717) is 10.0 Å². The van der Waals surface area contributed by atoms with Crippen molar-refractivity contribution in [1.82, 2.24) is 0 Å². The van der Waals surface area contributed by atoms with Gasteiger partial charge in [0.2, 0.25) is 0 Å². The van der Waals surface area contributed by atoms with Gasteiger partial charge in [-0.25, -0.2) is 4.39 Å². The molecule has 0 bridgehead atoms. The predicted molar refractivity (Wildman–Crippen MR) is 48.6 cm³/mol. The summed E-state index contributed by atoms with van der Waals surface area (Å²) in [6.07, 6.45) is 0.727. The van der Waals surface area contributed by atoms with Crippen LogP contribution in [0.25, 0.3) is 0 Å². The first-order valence-corrected chi connectivity index (χ1v) is 4.35. The van der Waals surface area contributed by atoms with Gasteiger partial charge in [-0.05, 0) is 27.6 Å². The van der Waals surface area contributed by atoms with E-state index in [1.54, 1.807) is 25.1 Å². The smallest absolute Gasteiger partial charge is 0.141 e. The van der Waals surface area contributed by atoms with Gasteiger partial charge in [-0.1, -0.05) is 19.1 Å². The molecule has 0 saturated heterocycles. The number of aldehydes is 1. The Bertz CT molecular complexity index is 299. The third kappa shape index (κ3) is 1.72. The minimum Gasteiger partial charge on any atom is -0.303 e. The summed E-state index contributed by atoms with van der Waals surface area (Å²) in [4.78, 5) is 10.4. The van der Waals surface area contributed by atoms with Crippen molar-refractivity contribution in [2.75, 3.05) is 0 Å². The van der Waals surface area contributed by atoms with E-state index in [-0.39, 0.29) is 11.7 Å². The molecule has 0 radical (unpaired) electrons. The van der Waals surface area contributed by atoms with Crippen LogP contribution in [0.2, 0.25) is 0 Å². The van der Waals surface area contributed by atoms with E-state index < -0.39 is 0 Å². The van der Waals surface area contributed by atoms with Crippen LogP contribution in [-0.4, -0.2) is 6.29 Å². The first kappa shape index (κ1) is 9.39. The fourth-order valence-electron chi connectivity index (χ4n) is 0.945. The Balaban J connectivity index is 3.15. The van der Waals surface area contributed by atoms with Gasteiger partial charge in [0.1, 0.15) is 12.1 Å². The van der Waals surface area contributed by atoms with Crippen molar-refractivity contribution in [3.05, 3.63) is 34.1 Å². The fourth-order valence-corrected chi connectivity index (χ4v) is 1.33. The normalized spacial score (nSPS) is 12.6. The average molecular weight is 231 g/mol. The van der Waals surface area contributed by atoms with E-state index in [4.69, 9.17) is 0 Å². The first-order chi connectivity index (χ1) is 5.66. The van der Waals surface area contributed by atoms with Gasteiger partial charge in [-0.2, -0.15) is 0 Å². The number of hydrogen-bond donors (Lipinski definition) is 0. The van der Waals surface area contributed by atoms with E-state index >= 15 is 0 Å². The largest absolute Gasteiger partial charge is 0.303 e. The number of carbonyl (C=O) groups is 1. The number of rotatable bonds is 2. The van der Waals surface area contributed by atoms with Crippen LogP contribution in [0.4, 0.5) is 4.39 Å². The highest BCUT2D eigenvalue weighted by atomic mass is 79.9. The van der Waals surface area contributed by atoms with Gasteiger partial charge in [-0.3, -0.25) is 0 Å². The molecule has 0 aliphatic rings. The fraction of sp³-hybridized carbons (Fsp3) is 0.222. The Morgan fingerprint density at radius 3 is 2.83 bits per heavy atom. The topological polar surface area (TPSA) is 17.1 Å². The van der Waals surface area contributed by atoms with Crippen molar-refractivity contribution < 1.29 is 9.18 Å². The number of carbonyl (C=O) groups excluding carboxylic acids is 1. The minimum atomic E-state index is -0.387. The number of halogens is 2. The molecule has 0 fully saturated rings. The maximum atomic E-state index is 13.2. The first-order valence-electron chi connectivity index (χ1n) is 3.56. The van der Waals surface area contributed by atoms with Gasteiger partial charge in [0.05, 0.1) is 4.47 Å². The Morgan fingerprint density at radius 2 is 2.25 bits per heavy atom. The molecule has 0 spiro atoms. The molecule has 3 heteroatoms. The molecule has 1 aromatic carbocycles. The Labute approximate surface area is 78.7 Å². The highest BCUT2D eigenvalue weighted by Gasteiger charge is 2.11. The van der Waals surface area contributed by atoms with Crippen molar-refractivity contribution in [2.45, 2.75) is 12.8 Å². The van der Waals surface area contributed by atoms with Crippen LogP contribution in [0.15, 0.2) is 22.7 Å². The summed E-state index contributed by atoms with van der Waals surface area (Å²) in [7, 11) is 0. The molecule has 0 aromatic heterocycles. The second-order valence-corrected chi connectivity index (χ2v) is 3.42. The van der Waals surface area contributed by atoms with Crippen LogP contribution in [-0.2, 0) is 4.79 Å². The third-order valence-corrected chi connectivity index (χ3v) is 2.29. The van der Waals surface area contributed by atoms with Crippen molar-refractivity contribution in [2.24, 2.45) is 0 Å². The standard InChI is InChI=1S/C9H8BrFO/c1-6(5-12)7-3-2-4-8(10)9(7)11/h2-6H,1H3. The molecular formula is C9H8BrFO. The van der Waals surface area contributed by atoms with E-state index in [9.17, 15) is 9.18 Å². The molecular weight excluding hydrogens is 223 g/mol. The van der Waals surface area contributed by atoms with Crippen molar-refractivity contribution >= 4 is 22.2 Å². The quantitative estimate of drug-likeness (QED) is 0.715. The van der Waals surface area contributed by atoms with Gasteiger partial charge in [0.15, 0.2) is 0 Å². The van der Waals surface area contributed by atoms with Crippen molar-refractivity contribution in [1.29, 1.82) is 0 Å². The Morgan fingerprint density at radius 1 is 1.58 bits per heavy atom. The lowest BCUT2D eigenvalue weighted by Crippen LogP contribution is -1.98. The monoisotopic (exact) mass is 230 g/mol. The predicted octanol–water partition coefficient (Wildman–Crippen LogP) is 2.89. The molecule has 0 saturated carbocycles. The van der Waals surface area contributed by atoms with Crippen molar-refractivity contribution in [3.63, 3.8) is 0 Å². The molecule has 0 heterocycles. The SMILES string of the molecule is CC(C=O)c1cccc(Br)c1F. The summed E-state index contributed by atoms with van der Waals surface area (Å²) in [6, 6.07) is 4.93. The summed E-state index contributed by atoms with van der Waals surface area (Å²) in [5.74, 6) is -0.736. The maximum Gasteiger partial charge on any atom is 0.141 e. The summed E-state index contributed by atoms with van der Waals surface area (Å²) in [6.45, 7) is 1.66. The van der Waals surface area contributed by atoms with Gasteiger partial charge < -0.3 is 4.79 Å². The van der Waals surface area contributed by atoms with E-state index in [2.05, 4.69) is 15.9 Å². The van der Waals surface area contributed by atoms with E-state index in [1.165, 1.54) is 0 Å². The highest BCUT2D eigenvalue weighted by molar-refractivity contribution is 9.10. The van der Waals surface area contributed by atoms with Crippen LogP contribution in [0.5, 0.6) is 0 Å². The minimum absolute atomic E-state index is 0.350. The zero-order valence-electron chi connectivity index (χ0n) is 6.55. The average Bonchev–Trinajstić information content (AvgIpc) is 2.08. The molecule has 0 aliphatic heterocycles. The lowest BCUT2D eigenvalue weighted by molar-refractivity contribution is -0.108. The molecule has 1 atom stereocenters. The zero-order valence-corrected chi connectivity index (χ0v) is 8.14. The molecule has 1 unspecified atom stereocenters. The molecule has 0 aliphatic carbocycles. The lowest BCUT2D eigenvalue weighted by Gasteiger charge is -2.05. The molecule has 12 heavy (non-hydrogen) atoms. The summed E-state index contributed by atoms with van der Waals surface area (Å²) < 4.78 is 13.6. The second kappa shape index (κ2) is 3.81. The lowest BCUT2D eigenvalue weighted by atomic mass is 10.0. The maximum absolute atomic E-state index is 13.2. The van der Waals surface area contributed by atoms with Crippen LogP contribution in [0.1, 0.15) is 18.4 Å². The Hall–Kier alpha value is -0.700. The van der Waals surface area contributed by atoms with Crippen molar-refractivity contribution in [3.8, 4) is 0 Å². The molecule has 1 rings (SSSR count). The summed E-state index contributed by atoms with van der Waals surface area (Å²) >= 11 is 3.05. The van der Waals surface area contributed by atoms with Crippen LogP contribution < -0.4 is 0 Å². The molecule has 1 nitrogen and oxygen atoms in total. The van der Waals surface area contributed by atoms with Gasteiger partial charge in [-0.15, -0.1) is 0 Å². The van der Waals surface area contributed by atoms with E-state index in [1.807, 2.05) is 0 Å².